The van der Waals surface area contributed by atoms with E-state index in [1.165, 1.54) is 19.3 Å². The summed E-state index contributed by atoms with van der Waals surface area (Å²) in [5.41, 5.74) is 2.04. The van der Waals surface area contributed by atoms with E-state index in [9.17, 15) is 4.79 Å². The van der Waals surface area contributed by atoms with E-state index in [0.717, 1.165) is 31.1 Å². The van der Waals surface area contributed by atoms with Gasteiger partial charge in [-0.1, -0.05) is 6.92 Å². The topological polar surface area (TPSA) is 49.3 Å². The number of nitrogens with one attached hydrogen (secondary N) is 1. The molecule has 0 aromatic heterocycles. The van der Waals surface area contributed by atoms with Crippen LogP contribution >= 0.6 is 0 Å². The van der Waals surface area contributed by atoms with Crippen molar-refractivity contribution in [3.63, 3.8) is 0 Å². The highest BCUT2D eigenvalue weighted by Crippen LogP contribution is 2.65. The largest absolute Gasteiger partial charge is 0.289 e. The molecule has 2 unspecified atom stereocenters. The van der Waals surface area contributed by atoms with E-state index >= 15 is 0 Å². The normalized spacial score (nSPS) is 51.9. The summed E-state index contributed by atoms with van der Waals surface area (Å²) < 4.78 is 0. The molecule has 15 heavy (non-hydrogen) atoms. The molecule has 1 amide bonds. The number of hydrogen-bond donors (Lipinski definition) is 2. The summed E-state index contributed by atoms with van der Waals surface area (Å²) in [5, 5.41) is 8.88. The minimum absolute atomic E-state index is 0.122. The lowest BCUT2D eigenvalue weighted by Gasteiger charge is -2.60. The Hall–Kier alpha value is -0.570. The van der Waals surface area contributed by atoms with Gasteiger partial charge in [0.05, 0.1) is 5.41 Å². The second-order valence-electron chi connectivity index (χ2n) is 6.49. The first kappa shape index (κ1) is 9.64. The van der Waals surface area contributed by atoms with E-state index in [2.05, 4.69) is 6.92 Å². The molecule has 0 radical (unpaired) electrons. The van der Waals surface area contributed by atoms with Gasteiger partial charge in [0.25, 0.3) is 0 Å². The Morgan fingerprint density at radius 3 is 2.33 bits per heavy atom. The van der Waals surface area contributed by atoms with Crippen molar-refractivity contribution in [2.75, 3.05) is 0 Å². The number of rotatable bonds is 1. The van der Waals surface area contributed by atoms with Gasteiger partial charge in [-0.3, -0.25) is 10.0 Å². The fourth-order valence-electron chi connectivity index (χ4n) is 5.10. The van der Waals surface area contributed by atoms with Gasteiger partial charge in [0, 0.05) is 0 Å². The van der Waals surface area contributed by atoms with Crippen molar-refractivity contribution < 1.29 is 10.0 Å². The Kier molecular flexibility index (Phi) is 1.77. The van der Waals surface area contributed by atoms with Crippen LogP contribution in [0, 0.1) is 22.7 Å². The molecule has 3 heteroatoms. The van der Waals surface area contributed by atoms with Crippen molar-refractivity contribution in [1.29, 1.82) is 0 Å². The van der Waals surface area contributed by atoms with Gasteiger partial charge in [-0.05, 0) is 55.8 Å². The van der Waals surface area contributed by atoms with Gasteiger partial charge < -0.3 is 0 Å². The maximum Gasteiger partial charge on any atom is 0.249 e. The summed E-state index contributed by atoms with van der Waals surface area (Å²) in [6.45, 7) is 2.32. The van der Waals surface area contributed by atoms with E-state index in [1.54, 1.807) is 0 Å². The number of hydrogen-bond acceptors (Lipinski definition) is 2. The molecule has 3 nitrogen and oxygen atoms in total. The zero-order chi connectivity index (χ0) is 10.7. The standard InChI is InChI=1S/C12H19NO2/c1-11-3-8-2-9(4-11)6-12(5-8,7-11)10(14)13-15/h8-9,15H,2-7H2,1H3,(H,13,14). The van der Waals surface area contributed by atoms with Crippen LogP contribution in [-0.4, -0.2) is 11.1 Å². The Labute approximate surface area is 90.2 Å². The van der Waals surface area contributed by atoms with Crippen molar-refractivity contribution in [3.8, 4) is 0 Å². The maximum absolute atomic E-state index is 11.8. The molecule has 4 saturated carbocycles. The Balaban J connectivity index is 1.96. The van der Waals surface area contributed by atoms with Gasteiger partial charge in [0.2, 0.25) is 5.91 Å². The Bertz CT molecular complexity index is 299. The lowest BCUT2D eigenvalue weighted by atomic mass is 9.44. The molecule has 4 aliphatic carbocycles. The maximum atomic E-state index is 11.8. The van der Waals surface area contributed by atoms with Crippen LogP contribution in [0.2, 0.25) is 0 Å². The Morgan fingerprint density at radius 2 is 1.87 bits per heavy atom. The number of carbonyl (C=O) groups is 1. The molecule has 2 N–H and O–H groups in total. The van der Waals surface area contributed by atoms with Gasteiger partial charge in [0.15, 0.2) is 0 Å². The highest BCUT2D eigenvalue weighted by Gasteiger charge is 2.58. The zero-order valence-electron chi connectivity index (χ0n) is 9.25. The monoisotopic (exact) mass is 209 g/mol. The predicted molar refractivity (Wildman–Crippen MR) is 55.2 cm³/mol. The molecule has 84 valence electrons. The highest BCUT2D eigenvalue weighted by molar-refractivity contribution is 5.82. The summed E-state index contributed by atoms with van der Waals surface area (Å²) in [7, 11) is 0. The minimum Gasteiger partial charge on any atom is -0.289 e. The molecule has 4 aliphatic rings. The SMILES string of the molecule is CC12CC3CC(C1)CC(C(=O)NO)(C3)C2. The first-order valence-electron chi connectivity index (χ1n) is 6.00. The molecule has 0 aromatic rings. The second-order valence-corrected chi connectivity index (χ2v) is 6.49. The molecule has 0 spiro atoms. The summed E-state index contributed by atoms with van der Waals surface area (Å²) in [4.78, 5) is 11.8. The fourth-order valence-corrected chi connectivity index (χ4v) is 5.10. The molecule has 4 bridgehead atoms. The van der Waals surface area contributed by atoms with Crippen LogP contribution in [0.15, 0.2) is 0 Å². The van der Waals surface area contributed by atoms with Gasteiger partial charge in [-0.15, -0.1) is 0 Å². The lowest BCUT2D eigenvalue weighted by molar-refractivity contribution is -0.163. The van der Waals surface area contributed by atoms with E-state index < -0.39 is 0 Å². The second kappa shape index (κ2) is 2.76. The van der Waals surface area contributed by atoms with Crippen LogP contribution in [-0.2, 0) is 4.79 Å². The molecule has 0 aliphatic heterocycles. The molecule has 4 rings (SSSR count). The summed E-state index contributed by atoms with van der Waals surface area (Å²) >= 11 is 0. The number of carbonyl (C=O) groups excluding carboxylic acids is 1. The molecule has 2 atom stereocenters. The van der Waals surface area contributed by atoms with E-state index in [1.807, 2.05) is 5.48 Å². The summed E-state index contributed by atoms with van der Waals surface area (Å²) in [5.74, 6) is 1.34. The van der Waals surface area contributed by atoms with Crippen molar-refractivity contribution in [2.24, 2.45) is 22.7 Å². The molecule has 0 heterocycles. The highest BCUT2D eigenvalue weighted by atomic mass is 16.5. The number of hydroxylamine groups is 1. The molecule has 0 aromatic carbocycles. The predicted octanol–water partition coefficient (Wildman–Crippen LogP) is 2.10. The van der Waals surface area contributed by atoms with Gasteiger partial charge >= 0.3 is 0 Å². The van der Waals surface area contributed by atoms with E-state index in [4.69, 9.17) is 5.21 Å². The Morgan fingerprint density at radius 1 is 1.27 bits per heavy atom. The lowest BCUT2D eigenvalue weighted by Crippen LogP contribution is -2.56. The average Bonchev–Trinajstić information content (AvgIpc) is 2.12. The van der Waals surface area contributed by atoms with Gasteiger partial charge in [-0.2, -0.15) is 0 Å². The van der Waals surface area contributed by atoms with Crippen LogP contribution in [0.1, 0.15) is 45.4 Å². The van der Waals surface area contributed by atoms with Crippen LogP contribution in [0.4, 0.5) is 0 Å². The fraction of sp³-hybridized carbons (Fsp3) is 0.917. The third kappa shape index (κ3) is 1.25. The first-order chi connectivity index (χ1) is 7.05. The first-order valence-corrected chi connectivity index (χ1v) is 6.00. The summed E-state index contributed by atoms with van der Waals surface area (Å²) in [6, 6.07) is 0. The van der Waals surface area contributed by atoms with E-state index in [0.29, 0.717) is 5.41 Å². The molecular formula is C12H19NO2. The van der Waals surface area contributed by atoms with Gasteiger partial charge in [-0.25, -0.2) is 5.48 Å². The molecule has 0 saturated heterocycles. The average molecular weight is 209 g/mol. The van der Waals surface area contributed by atoms with Crippen LogP contribution in [0.3, 0.4) is 0 Å². The zero-order valence-corrected chi connectivity index (χ0v) is 9.25. The third-order valence-electron chi connectivity index (χ3n) is 4.94. The van der Waals surface area contributed by atoms with Crippen LogP contribution < -0.4 is 5.48 Å². The van der Waals surface area contributed by atoms with Crippen LogP contribution in [0.5, 0.6) is 0 Å². The molecular weight excluding hydrogens is 190 g/mol. The summed E-state index contributed by atoms with van der Waals surface area (Å²) in [6.07, 6.45) is 6.90. The van der Waals surface area contributed by atoms with Crippen LogP contribution in [0.25, 0.3) is 0 Å². The number of amides is 1. The van der Waals surface area contributed by atoms with Crippen molar-refractivity contribution in [1.82, 2.24) is 5.48 Å². The smallest absolute Gasteiger partial charge is 0.249 e. The minimum atomic E-state index is -0.229. The molecule has 4 fully saturated rings. The van der Waals surface area contributed by atoms with Crippen molar-refractivity contribution in [3.05, 3.63) is 0 Å². The van der Waals surface area contributed by atoms with Crippen molar-refractivity contribution >= 4 is 5.91 Å². The quantitative estimate of drug-likeness (QED) is 0.513. The van der Waals surface area contributed by atoms with Gasteiger partial charge in [0.1, 0.15) is 0 Å². The third-order valence-corrected chi connectivity index (χ3v) is 4.94. The van der Waals surface area contributed by atoms with Crippen molar-refractivity contribution in [2.45, 2.75) is 45.4 Å². The van der Waals surface area contributed by atoms with E-state index in [-0.39, 0.29) is 11.3 Å².